The lowest BCUT2D eigenvalue weighted by Gasteiger charge is -2.02. The summed E-state index contributed by atoms with van der Waals surface area (Å²) in [6, 6.07) is 3.75. The van der Waals surface area contributed by atoms with E-state index in [1.54, 1.807) is 6.92 Å². The molecule has 84 valence electrons. The van der Waals surface area contributed by atoms with Crippen LogP contribution in [0.25, 0.3) is 0 Å². The van der Waals surface area contributed by atoms with Crippen molar-refractivity contribution in [2.45, 2.75) is 26.8 Å². The van der Waals surface area contributed by atoms with Gasteiger partial charge in [-0.25, -0.2) is 0 Å². The number of Topliss-reactive ketones (excluding diaryl/α,β-unsaturated/α-hetero) is 1. The summed E-state index contributed by atoms with van der Waals surface area (Å²) in [5.41, 5.74) is 0. The van der Waals surface area contributed by atoms with Crippen LogP contribution >= 0.6 is 0 Å². The Bertz CT molecular complexity index is 298. The predicted molar refractivity (Wildman–Crippen MR) is 53.1 cm³/mol. The fraction of sp³-hybridized carbons (Fsp3) is 0.455. The Kier molecular flexibility index (Phi) is 6.71. The molecule has 0 saturated carbocycles. The fourth-order valence-electron chi connectivity index (χ4n) is 1.12. The lowest BCUT2D eigenvalue weighted by Crippen LogP contribution is -3.00. The molecule has 0 aliphatic heterocycles. The molecule has 0 aromatic carbocycles. The standard InChI is InChI=1S/C11H16NO2.ClH/c1-3-8-14-11-4-6-12(7-5-11)9-10(2)13;/h4-7H,3,8-9H2,1-2H3;1H/q+1;/p-1. The normalized spacial score (nSPS) is 9.20. The van der Waals surface area contributed by atoms with Crippen LogP contribution in [-0.4, -0.2) is 12.4 Å². The summed E-state index contributed by atoms with van der Waals surface area (Å²) in [5, 5.41) is 0. The van der Waals surface area contributed by atoms with E-state index in [-0.39, 0.29) is 18.2 Å². The van der Waals surface area contributed by atoms with Crippen molar-refractivity contribution in [3.05, 3.63) is 24.5 Å². The number of hydrogen-bond donors (Lipinski definition) is 0. The van der Waals surface area contributed by atoms with Crippen LogP contribution in [0.3, 0.4) is 0 Å². The van der Waals surface area contributed by atoms with Gasteiger partial charge in [-0.3, -0.25) is 4.79 Å². The second kappa shape index (κ2) is 7.23. The lowest BCUT2D eigenvalue weighted by molar-refractivity contribution is -0.684. The van der Waals surface area contributed by atoms with E-state index in [0.717, 1.165) is 18.8 Å². The monoisotopic (exact) mass is 229 g/mol. The minimum absolute atomic E-state index is 0. The molecule has 0 bridgehead atoms. The van der Waals surface area contributed by atoms with Crippen LogP contribution in [0.5, 0.6) is 5.75 Å². The number of carbonyl (C=O) groups is 1. The maximum Gasteiger partial charge on any atom is 0.206 e. The van der Waals surface area contributed by atoms with Gasteiger partial charge < -0.3 is 17.1 Å². The van der Waals surface area contributed by atoms with E-state index in [4.69, 9.17) is 4.74 Å². The summed E-state index contributed by atoms with van der Waals surface area (Å²) < 4.78 is 7.25. The summed E-state index contributed by atoms with van der Waals surface area (Å²) in [6.07, 6.45) is 4.71. The van der Waals surface area contributed by atoms with E-state index in [2.05, 4.69) is 6.92 Å². The molecule has 0 radical (unpaired) electrons. The van der Waals surface area contributed by atoms with E-state index in [0.29, 0.717) is 6.54 Å². The topological polar surface area (TPSA) is 30.2 Å². The largest absolute Gasteiger partial charge is 1.00 e. The first-order chi connectivity index (χ1) is 6.72. The van der Waals surface area contributed by atoms with Gasteiger partial charge in [-0.05, 0) is 6.42 Å². The quantitative estimate of drug-likeness (QED) is 0.567. The molecule has 15 heavy (non-hydrogen) atoms. The molecule has 4 heteroatoms. The van der Waals surface area contributed by atoms with Crippen LogP contribution in [0.4, 0.5) is 0 Å². The van der Waals surface area contributed by atoms with Crippen molar-refractivity contribution in [1.82, 2.24) is 0 Å². The van der Waals surface area contributed by atoms with E-state index in [1.165, 1.54) is 0 Å². The lowest BCUT2D eigenvalue weighted by atomic mass is 10.4. The van der Waals surface area contributed by atoms with Crippen LogP contribution < -0.4 is 21.7 Å². The van der Waals surface area contributed by atoms with Gasteiger partial charge in [-0.1, -0.05) is 6.92 Å². The molecule has 0 amide bonds. The van der Waals surface area contributed by atoms with Gasteiger partial charge in [0, 0.05) is 19.1 Å². The highest BCUT2D eigenvalue weighted by atomic mass is 35.5. The van der Waals surface area contributed by atoms with Gasteiger partial charge in [-0.15, -0.1) is 0 Å². The Morgan fingerprint density at radius 1 is 1.40 bits per heavy atom. The number of rotatable bonds is 5. The van der Waals surface area contributed by atoms with Gasteiger partial charge in [0.2, 0.25) is 6.54 Å². The molecule has 3 nitrogen and oxygen atoms in total. The van der Waals surface area contributed by atoms with Crippen LogP contribution in [0, 0.1) is 0 Å². The number of aromatic nitrogens is 1. The van der Waals surface area contributed by atoms with Gasteiger partial charge in [0.15, 0.2) is 18.2 Å². The molecule has 1 heterocycles. The Hall–Kier alpha value is -1.09. The highest BCUT2D eigenvalue weighted by Gasteiger charge is 2.03. The maximum atomic E-state index is 10.8. The number of carbonyl (C=O) groups excluding carboxylic acids is 1. The number of ether oxygens (including phenoxy) is 1. The van der Waals surface area contributed by atoms with Gasteiger partial charge in [0.25, 0.3) is 0 Å². The SMILES string of the molecule is CCCOc1cc[n+](CC(C)=O)cc1.[Cl-]. The van der Waals surface area contributed by atoms with E-state index in [1.807, 2.05) is 29.1 Å². The first kappa shape index (κ1) is 13.9. The predicted octanol–water partition coefficient (Wildman–Crippen LogP) is -1.64. The Morgan fingerprint density at radius 3 is 2.47 bits per heavy atom. The van der Waals surface area contributed by atoms with Gasteiger partial charge in [0.1, 0.15) is 5.75 Å². The minimum atomic E-state index is 0. The number of pyridine rings is 1. The van der Waals surface area contributed by atoms with Crippen molar-refractivity contribution >= 4 is 5.78 Å². The Morgan fingerprint density at radius 2 is 2.00 bits per heavy atom. The zero-order valence-electron chi connectivity index (χ0n) is 9.07. The molecule has 0 aliphatic rings. The van der Waals surface area contributed by atoms with Crippen molar-refractivity contribution in [3.8, 4) is 5.75 Å². The molecule has 0 unspecified atom stereocenters. The summed E-state index contributed by atoms with van der Waals surface area (Å²) in [6.45, 7) is 4.80. The van der Waals surface area contributed by atoms with Crippen molar-refractivity contribution in [2.24, 2.45) is 0 Å². The number of halogens is 1. The Balaban J connectivity index is 0.00000196. The summed E-state index contributed by atoms with van der Waals surface area (Å²) in [4.78, 5) is 10.8. The first-order valence-electron chi connectivity index (χ1n) is 4.83. The number of ketones is 1. The van der Waals surface area contributed by atoms with Crippen molar-refractivity contribution in [3.63, 3.8) is 0 Å². The molecule has 0 saturated heterocycles. The van der Waals surface area contributed by atoms with Crippen molar-refractivity contribution in [1.29, 1.82) is 0 Å². The van der Waals surface area contributed by atoms with Crippen molar-refractivity contribution in [2.75, 3.05) is 6.61 Å². The average molecular weight is 230 g/mol. The van der Waals surface area contributed by atoms with E-state index >= 15 is 0 Å². The van der Waals surface area contributed by atoms with E-state index in [9.17, 15) is 4.79 Å². The smallest absolute Gasteiger partial charge is 0.206 e. The molecule has 1 aromatic heterocycles. The molecule has 0 spiro atoms. The van der Waals surface area contributed by atoms with Crippen LogP contribution in [0.15, 0.2) is 24.5 Å². The third-order valence-electron chi connectivity index (χ3n) is 1.74. The molecule has 1 rings (SSSR count). The van der Waals surface area contributed by atoms with E-state index < -0.39 is 0 Å². The molecule has 0 atom stereocenters. The zero-order valence-corrected chi connectivity index (χ0v) is 9.83. The zero-order chi connectivity index (χ0) is 10.4. The third-order valence-corrected chi connectivity index (χ3v) is 1.74. The van der Waals surface area contributed by atoms with Crippen LogP contribution in [-0.2, 0) is 11.3 Å². The highest BCUT2D eigenvalue weighted by molar-refractivity contribution is 5.73. The first-order valence-corrected chi connectivity index (χ1v) is 4.83. The molecular weight excluding hydrogens is 214 g/mol. The maximum absolute atomic E-state index is 10.8. The Labute approximate surface area is 96.5 Å². The molecular formula is C11H16ClNO2. The number of nitrogens with zero attached hydrogens (tertiary/aromatic N) is 1. The van der Waals surface area contributed by atoms with Crippen LogP contribution in [0.2, 0.25) is 0 Å². The molecule has 0 fully saturated rings. The summed E-state index contributed by atoms with van der Waals surface area (Å²) in [7, 11) is 0. The second-order valence-corrected chi connectivity index (χ2v) is 3.26. The summed E-state index contributed by atoms with van der Waals surface area (Å²) >= 11 is 0. The van der Waals surface area contributed by atoms with Gasteiger partial charge in [0.05, 0.1) is 6.61 Å². The van der Waals surface area contributed by atoms with Crippen molar-refractivity contribution < 1.29 is 26.5 Å². The molecule has 0 N–H and O–H groups in total. The fourth-order valence-corrected chi connectivity index (χ4v) is 1.12. The second-order valence-electron chi connectivity index (χ2n) is 3.26. The summed E-state index contributed by atoms with van der Waals surface area (Å²) in [5.74, 6) is 1.00. The molecule has 1 aromatic rings. The highest BCUT2D eigenvalue weighted by Crippen LogP contribution is 2.05. The minimum Gasteiger partial charge on any atom is -1.00 e. The van der Waals surface area contributed by atoms with Gasteiger partial charge in [-0.2, -0.15) is 4.57 Å². The molecule has 0 aliphatic carbocycles. The van der Waals surface area contributed by atoms with Gasteiger partial charge >= 0.3 is 0 Å². The number of hydrogen-bond acceptors (Lipinski definition) is 2. The average Bonchev–Trinajstić information content (AvgIpc) is 2.16. The van der Waals surface area contributed by atoms with Crippen LogP contribution in [0.1, 0.15) is 20.3 Å². The third kappa shape index (κ3) is 5.37.